The summed E-state index contributed by atoms with van der Waals surface area (Å²) in [6, 6.07) is 0.473. The molecule has 1 aromatic rings. The number of Topliss-reactive ketones (excluding diaryl/α,β-unsaturated/α-hetero) is 1. The SMILES string of the molecule is Cc1ccc(F)c([C@@H](N[S@](=O)C(C)(C)C)[C@@H](F)C(=O)C2C(=O)NC(=O)N(C3CCOCC3)C2=O)c1. The number of alkyl halides is 1. The number of nitrogens with one attached hydrogen (secondary N) is 2. The van der Waals surface area contributed by atoms with Crippen LogP contribution in [-0.2, 0) is 30.1 Å². The van der Waals surface area contributed by atoms with Gasteiger partial charge >= 0.3 is 6.03 Å². The number of hydrogen-bond acceptors (Lipinski definition) is 6. The van der Waals surface area contributed by atoms with Crippen LogP contribution in [0, 0.1) is 18.7 Å². The molecule has 0 saturated carbocycles. The first kappa shape index (κ1) is 27.0. The van der Waals surface area contributed by atoms with Crippen LogP contribution in [0.3, 0.4) is 0 Å². The molecule has 4 atom stereocenters. The number of imide groups is 2. The van der Waals surface area contributed by atoms with Gasteiger partial charge in [-0.2, -0.15) is 0 Å². The number of rotatable bonds is 7. The molecule has 2 saturated heterocycles. The second kappa shape index (κ2) is 10.6. The van der Waals surface area contributed by atoms with Crippen LogP contribution in [0.25, 0.3) is 0 Å². The van der Waals surface area contributed by atoms with Crippen molar-refractivity contribution >= 4 is 34.6 Å². The number of halogens is 2. The number of nitrogens with zero attached hydrogens (tertiary/aromatic N) is 1. The van der Waals surface area contributed by atoms with Crippen molar-refractivity contribution in [2.75, 3.05) is 13.2 Å². The highest BCUT2D eigenvalue weighted by atomic mass is 32.2. The van der Waals surface area contributed by atoms with E-state index in [-0.39, 0.29) is 18.8 Å². The van der Waals surface area contributed by atoms with Crippen LogP contribution in [0.4, 0.5) is 13.6 Å². The highest BCUT2D eigenvalue weighted by Gasteiger charge is 2.51. The van der Waals surface area contributed by atoms with E-state index in [1.54, 1.807) is 27.7 Å². The van der Waals surface area contributed by atoms with Crippen LogP contribution in [-0.4, -0.2) is 62.9 Å². The Kier molecular flexibility index (Phi) is 8.17. The van der Waals surface area contributed by atoms with Crippen LogP contribution in [0.15, 0.2) is 18.2 Å². The summed E-state index contributed by atoms with van der Waals surface area (Å²) in [5.74, 6) is -6.85. The van der Waals surface area contributed by atoms with E-state index in [0.29, 0.717) is 18.4 Å². The van der Waals surface area contributed by atoms with Gasteiger partial charge in [0.05, 0.1) is 21.8 Å². The molecule has 12 heteroatoms. The predicted octanol–water partition coefficient (Wildman–Crippen LogP) is 2.01. The van der Waals surface area contributed by atoms with E-state index in [9.17, 15) is 27.8 Å². The molecular weight excluding hydrogens is 484 g/mol. The summed E-state index contributed by atoms with van der Waals surface area (Å²) in [6.45, 7) is 6.98. The van der Waals surface area contributed by atoms with Crippen LogP contribution < -0.4 is 10.0 Å². The molecule has 2 N–H and O–H groups in total. The fourth-order valence-electron chi connectivity index (χ4n) is 3.93. The van der Waals surface area contributed by atoms with Gasteiger partial charge < -0.3 is 4.74 Å². The molecule has 192 valence electrons. The molecule has 1 unspecified atom stereocenters. The van der Waals surface area contributed by atoms with Crippen molar-refractivity contribution in [1.82, 2.24) is 14.9 Å². The lowest BCUT2D eigenvalue weighted by Gasteiger charge is -2.37. The first-order chi connectivity index (χ1) is 16.3. The lowest BCUT2D eigenvalue weighted by atomic mass is 9.89. The summed E-state index contributed by atoms with van der Waals surface area (Å²) in [4.78, 5) is 52.0. The molecule has 9 nitrogen and oxygen atoms in total. The third-order valence-electron chi connectivity index (χ3n) is 5.88. The molecule has 2 aliphatic heterocycles. The van der Waals surface area contributed by atoms with Crippen LogP contribution in [0.2, 0.25) is 0 Å². The molecule has 1 aromatic carbocycles. The number of urea groups is 1. The summed E-state index contributed by atoms with van der Waals surface area (Å²) in [7, 11) is -1.93. The standard InChI is InChI=1S/C23H29F2N3O6S/c1-12-5-6-15(24)14(11-12)18(27-35(33)23(2,3)4)17(25)19(29)16-20(30)26-22(32)28(21(16)31)13-7-9-34-10-8-13/h5-6,11,13,16-18,27H,7-10H2,1-4H3,(H,26,30,32)/t16?,17-,18-,35-/m1/s1. The average molecular weight is 514 g/mol. The number of amides is 4. The summed E-state index contributed by atoms with van der Waals surface area (Å²) in [5, 5.41) is 1.95. The fourth-order valence-corrected chi connectivity index (χ4v) is 4.76. The number of carbonyl (C=O) groups is 4. The van der Waals surface area contributed by atoms with Crippen molar-refractivity contribution in [3.05, 3.63) is 35.1 Å². The van der Waals surface area contributed by atoms with E-state index >= 15 is 4.39 Å². The van der Waals surface area contributed by atoms with Crippen LogP contribution >= 0.6 is 0 Å². The fraction of sp³-hybridized carbons (Fsp3) is 0.565. The van der Waals surface area contributed by atoms with Gasteiger partial charge in [-0.05, 0) is 46.6 Å². The van der Waals surface area contributed by atoms with Crippen molar-refractivity contribution in [1.29, 1.82) is 0 Å². The number of benzene rings is 1. The van der Waals surface area contributed by atoms with Gasteiger partial charge in [-0.3, -0.25) is 24.6 Å². The molecule has 0 spiro atoms. The van der Waals surface area contributed by atoms with Gasteiger partial charge in [0.1, 0.15) is 5.82 Å². The summed E-state index contributed by atoms with van der Waals surface area (Å²) >= 11 is 0. The van der Waals surface area contributed by atoms with Crippen molar-refractivity contribution in [3.63, 3.8) is 0 Å². The first-order valence-electron chi connectivity index (χ1n) is 11.2. The molecule has 2 heterocycles. The minimum Gasteiger partial charge on any atom is -0.381 e. The van der Waals surface area contributed by atoms with Crippen LogP contribution in [0.5, 0.6) is 0 Å². The number of ether oxygens (including phenoxy) is 1. The third kappa shape index (κ3) is 5.81. The Labute approximate surface area is 204 Å². The second-order valence-corrected chi connectivity index (χ2v) is 11.6. The Balaban J connectivity index is 1.96. The van der Waals surface area contributed by atoms with Crippen LogP contribution in [0.1, 0.15) is 50.8 Å². The Morgan fingerprint density at radius 2 is 1.86 bits per heavy atom. The molecule has 35 heavy (non-hydrogen) atoms. The van der Waals surface area contributed by atoms with Gasteiger partial charge in [0.25, 0.3) is 5.91 Å². The maximum atomic E-state index is 15.8. The molecule has 0 radical (unpaired) electrons. The maximum absolute atomic E-state index is 15.8. The minimum absolute atomic E-state index is 0.274. The van der Waals surface area contributed by atoms with Gasteiger partial charge in [0, 0.05) is 24.8 Å². The molecular formula is C23H29F2N3O6S. The van der Waals surface area contributed by atoms with E-state index in [0.717, 1.165) is 11.0 Å². The van der Waals surface area contributed by atoms with E-state index in [1.807, 2.05) is 5.32 Å². The zero-order valence-corrected chi connectivity index (χ0v) is 20.7. The molecule has 3 rings (SSSR count). The van der Waals surface area contributed by atoms with Crippen molar-refractivity contribution in [2.24, 2.45) is 5.92 Å². The lowest BCUT2D eigenvalue weighted by Crippen LogP contribution is -2.64. The number of hydrogen-bond donors (Lipinski definition) is 2. The minimum atomic E-state index is -2.62. The highest BCUT2D eigenvalue weighted by molar-refractivity contribution is 7.84. The first-order valence-corrected chi connectivity index (χ1v) is 12.4. The smallest absolute Gasteiger partial charge is 0.331 e. The molecule has 2 aliphatic rings. The molecule has 4 amide bonds. The monoisotopic (exact) mass is 513 g/mol. The van der Waals surface area contributed by atoms with E-state index in [1.165, 1.54) is 12.1 Å². The quantitative estimate of drug-likeness (QED) is 0.538. The van der Waals surface area contributed by atoms with E-state index in [2.05, 4.69) is 4.72 Å². The van der Waals surface area contributed by atoms with Gasteiger partial charge in [-0.1, -0.05) is 17.7 Å². The lowest BCUT2D eigenvalue weighted by molar-refractivity contribution is -0.151. The summed E-state index contributed by atoms with van der Waals surface area (Å²) in [6.07, 6.45) is -2.02. The van der Waals surface area contributed by atoms with E-state index in [4.69, 9.17) is 4.74 Å². The number of aryl methyl sites for hydroxylation is 1. The zero-order chi connectivity index (χ0) is 26.1. The van der Waals surface area contributed by atoms with Gasteiger partial charge in [-0.25, -0.2) is 22.5 Å². The molecule has 0 bridgehead atoms. The molecule has 0 aromatic heterocycles. The highest BCUT2D eigenvalue weighted by Crippen LogP contribution is 2.30. The third-order valence-corrected chi connectivity index (χ3v) is 7.46. The zero-order valence-electron chi connectivity index (χ0n) is 19.9. The van der Waals surface area contributed by atoms with Gasteiger partial charge in [-0.15, -0.1) is 0 Å². The van der Waals surface area contributed by atoms with Crippen molar-refractivity contribution < 1.29 is 36.9 Å². The molecule has 2 fully saturated rings. The van der Waals surface area contributed by atoms with Crippen molar-refractivity contribution in [2.45, 2.75) is 63.5 Å². The summed E-state index contributed by atoms with van der Waals surface area (Å²) < 4.78 is 50.1. The Hall–Kier alpha value is -2.57. The molecule has 0 aliphatic carbocycles. The summed E-state index contributed by atoms with van der Waals surface area (Å²) in [5.41, 5.74) is 0.279. The van der Waals surface area contributed by atoms with Gasteiger partial charge in [0.15, 0.2) is 17.9 Å². The second-order valence-electron chi connectivity index (χ2n) is 9.58. The topological polar surface area (TPSA) is 122 Å². The van der Waals surface area contributed by atoms with Gasteiger partial charge in [0.2, 0.25) is 5.91 Å². The largest absolute Gasteiger partial charge is 0.381 e. The normalized spacial score (nSPS) is 22.5. The maximum Gasteiger partial charge on any atom is 0.331 e. The number of carbonyl (C=O) groups excluding carboxylic acids is 4. The Bertz CT molecular complexity index is 1050. The average Bonchev–Trinajstić information content (AvgIpc) is 2.78. The Morgan fingerprint density at radius 3 is 2.46 bits per heavy atom. The Morgan fingerprint density at radius 1 is 1.23 bits per heavy atom. The predicted molar refractivity (Wildman–Crippen MR) is 123 cm³/mol. The number of ketones is 1. The van der Waals surface area contributed by atoms with E-state index < -0.39 is 69.4 Å². The van der Waals surface area contributed by atoms with Crippen molar-refractivity contribution in [3.8, 4) is 0 Å². The number of barbiturate groups is 1.